The summed E-state index contributed by atoms with van der Waals surface area (Å²) in [6, 6.07) is 28.7. The third kappa shape index (κ3) is 5.92. The Bertz CT molecular complexity index is 1370. The van der Waals surface area contributed by atoms with Crippen molar-refractivity contribution in [2.24, 2.45) is 0 Å². The van der Waals surface area contributed by atoms with Crippen molar-refractivity contribution in [1.29, 1.82) is 5.26 Å². The van der Waals surface area contributed by atoms with Crippen LogP contribution in [0.2, 0.25) is 0 Å². The number of hydrogen-bond donors (Lipinski definition) is 1. The van der Waals surface area contributed by atoms with Gasteiger partial charge >= 0.3 is 0 Å². The second-order valence-electron chi connectivity index (χ2n) is 7.68. The standard InChI is InChI=1S/C29H24N4O2/c1-2-17-35-27-15-13-23(14-16-27)28-25(21-33(32-28)26-11-7-4-8-12-26)18-24(19-30)29(34)31-20-22-9-5-3-6-10-22/h2-16,18,21H,1,17,20H2,(H,31,34)/b24-18+. The summed E-state index contributed by atoms with van der Waals surface area (Å²) in [4.78, 5) is 12.8. The van der Waals surface area contributed by atoms with Gasteiger partial charge in [0.2, 0.25) is 0 Å². The number of aromatic nitrogens is 2. The number of ether oxygens (including phenoxy) is 1. The number of rotatable bonds is 9. The lowest BCUT2D eigenvalue weighted by atomic mass is 10.1. The van der Waals surface area contributed by atoms with Crippen molar-refractivity contribution < 1.29 is 9.53 Å². The molecule has 1 amide bonds. The number of amides is 1. The summed E-state index contributed by atoms with van der Waals surface area (Å²) in [6.07, 6.45) is 5.07. The first-order valence-corrected chi connectivity index (χ1v) is 11.1. The Morgan fingerprint density at radius 3 is 2.37 bits per heavy atom. The third-order valence-electron chi connectivity index (χ3n) is 5.22. The van der Waals surface area contributed by atoms with E-state index >= 15 is 0 Å². The summed E-state index contributed by atoms with van der Waals surface area (Å²) >= 11 is 0. The molecule has 0 saturated heterocycles. The molecule has 6 heteroatoms. The van der Waals surface area contributed by atoms with Crippen LogP contribution in [0.1, 0.15) is 11.1 Å². The Balaban J connectivity index is 1.67. The molecule has 3 aromatic carbocycles. The van der Waals surface area contributed by atoms with Gasteiger partial charge in [0, 0.05) is 23.9 Å². The van der Waals surface area contributed by atoms with Gasteiger partial charge < -0.3 is 10.1 Å². The third-order valence-corrected chi connectivity index (χ3v) is 5.22. The van der Waals surface area contributed by atoms with Crippen molar-refractivity contribution in [1.82, 2.24) is 15.1 Å². The maximum Gasteiger partial charge on any atom is 0.262 e. The second-order valence-corrected chi connectivity index (χ2v) is 7.68. The van der Waals surface area contributed by atoms with Crippen molar-refractivity contribution in [2.75, 3.05) is 6.61 Å². The molecule has 0 fully saturated rings. The summed E-state index contributed by atoms with van der Waals surface area (Å²) in [7, 11) is 0. The number of nitrogens with one attached hydrogen (secondary N) is 1. The molecule has 0 aliphatic rings. The molecule has 172 valence electrons. The van der Waals surface area contributed by atoms with E-state index in [4.69, 9.17) is 9.84 Å². The van der Waals surface area contributed by atoms with Crippen LogP contribution in [-0.4, -0.2) is 22.3 Å². The maximum absolute atomic E-state index is 12.8. The molecule has 4 aromatic rings. The lowest BCUT2D eigenvalue weighted by Gasteiger charge is -2.06. The number of hydrogen-bond acceptors (Lipinski definition) is 4. The van der Waals surface area contributed by atoms with Crippen LogP contribution in [0.25, 0.3) is 23.0 Å². The van der Waals surface area contributed by atoms with Gasteiger partial charge in [-0.05, 0) is 48.0 Å². The minimum Gasteiger partial charge on any atom is -0.490 e. The summed E-state index contributed by atoms with van der Waals surface area (Å²) in [5.74, 6) is 0.272. The summed E-state index contributed by atoms with van der Waals surface area (Å²) < 4.78 is 7.31. The lowest BCUT2D eigenvalue weighted by Crippen LogP contribution is -2.23. The fourth-order valence-electron chi connectivity index (χ4n) is 3.47. The molecular formula is C29H24N4O2. The lowest BCUT2D eigenvalue weighted by molar-refractivity contribution is -0.117. The Labute approximate surface area is 204 Å². The number of nitriles is 1. The quantitative estimate of drug-likeness (QED) is 0.208. The highest BCUT2D eigenvalue weighted by molar-refractivity contribution is 6.02. The average molecular weight is 461 g/mol. The van der Waals surface area contributed by atoms with E-state index in [9.17, 15) is 10.1 Å². The van der Waals surface area contributed by atoms with Gasteiger partial charge in [0.05, 0.1) is 11.4 Å². The molecule has 0 aliphatic heterocycles. The zero-order valence-electron chi connectivity index (χ0n) is 19.1. The first-order chi connectivity index (χ1) is 17.2. The molecular weight excluding hydrogens is 436 g/mol. The largest absolute Gasteiger partial charge is 0.490 e. The molecule has 35 heavy (non-hydrogen) atoms. The minimum atomic E-state index is -0.442. The Morgan fingerprint density at radius 2 is 1.71 bits per heavy atom. The maximum atomic E-state index is 12.8. The zero-order chi connectivity index (χ0) is 24.5. The van der Waals surface area contributed by atoms with Gasteiger partial charge in [-0.1, -0.05) is 61.2 Å². The average Bonchev–Trinajstić information content (AvgIpc) is 3.34. The van der Waals surface area contributed by atoms with Crippen LogP contribution in [0, 0.1) is 11.3 Å². The molecule has 0 spiro atoms. The highest BCUT2D eigenvalue weighted by Gasteiger charge is 2.15. The first kappa shape index (κ1) is 23.3. The molecule has 6 nitrogen and oxygen atoms in total. The molecule has 0 radical (unpaired) electrons. The fourth-order valence-corrected chi connectivity index (χ4v) is 3.47. The van der Waals surface area contributed by atoms with E-state index in [1.165, 1.54) is 0 Å². The molecule has 0 bridgehead atoms. The van der Waals surface area contributed by atoms with Gasteiger partial charge in [0.15, 0.2) is 0 Å². The van der Waals surface area contributed by atoms with Gasteiger partial charge in [-0.15, -0.1) is 0 Å². The number of carbonyl (C=O) groups is 1. The van der Waals surface area contributed by atoms with Gasteiger partial charge in [-0.3, -0.25) is 4.79 Å². The number of carbonyl (C=O) groups excluding carboxylic acids is 1. The van der Waals surface area contributed by atoms with E-state index in [1.807, 2.05) is 97.2 Å². The van der Waals surface area contributed by atoms with Crippen molar-refractivity contribution in [3.05, 3.63) is 120 Å². The van der Waals surface area contributed by atoms with Gasteiger partial charge in [0.25, 0.3) is 5.91 Å². The number of para-hydroxylation sites is 1. The molecule has 4 rings (SSSR count). The highest BCUT2D eigenvalue weighted by atomic mass is 16.5. The normalized spacial score (nSPS) is 10.9. The second kappa shape index (κ2) is 11.3. The van der Waals surface area contributed by atoms with E-state index < -0.39 is 5.91 Å². The SMILES string of the molecule is C=CCOc1ccc(-c2nn(-c3ccccc3)cc2/C=C(\C#N)C(=O)NCc2ccccc2)cc1. The smallest absolute Gasteiger partial charge is 0.262 e. The topological polar surface area (TPSA) is 79.9 Å². The number of benzene rings is 3. The van der Waals surface area contributed by atoms with E-state index in [0.29, 0.717) is 30.2 Å². The van der Waals surface area contributed by atoms with Crippen LogP contribution >= 0.6 is 0 Å². The fraction of sp³-hybridized carbons (Fsp3) is 0.0690. The van der Waals surface area contributed by atoms with Crippen molar-refractivity contribution >= 4 is 12.0 Å². The molecule has 1 heterocycles. The highest BCUT2D eigenvalue weighted by Crippen LogP contribution is 2.27. The Hall–Kier alpha value is -4.89. The predicted octanol–water partition coefficient (Wildman–Crippen LogP) is 5.33. The van der Waals surface area contributed by atoms with Crippen LogP contribution in [0.5, 0.6) is 5.75 Å². The Morgan fingerprint density at radius 1 is 1.03 bits per heavy atom. The predicted molar refractivity (Wildman–Crippen MR) is 137 cm³/mol. The molecule has 1 N–H and O–H groups in total. The minimum absolute atomic E-state index is 0.000675. The zero-order valence-corrected chi connectivity index (χ0v) is 19.1. The first-order valence-electron chi connectivity index (χ1n) is 11.1. The summed E-state index contributed by atoms with van der Waals surface area (Å²) in [5, 5.41) is 17.3. The van der Waals surface area contributed by atoms with Crippen molar-refractivity contribution in [3.8, 4) is 28.8 Å². The summed E-state index contributed by atoms with van der Waals surface area (Å²) in [6.45, 7) is 4.41. The van der Waals surface area contributed by atoms with Crippen LogP contribution in [-0.2, 0) is 11.3 Å². The van der Waals surface area contributed by atoms with Crippen molar-refractivity contribution in [2.45, 2.75) is 6.54 Å². The molecule has 1 aromatic heterocycles. The number of nitrogens with zero attached hydrogens (tertiary/aromatic N) is 3. The van der Waals surface area contributed by atoms with Crippen LogP contribution < -0.4 is 10.1 Å². The van der Waals surface area contributed by atoms with Gasteiger partial charge in [-0.2, -0.15) is 10.4 Å². The molecule has 0 unspecified atom stereocenters. The van der Waals surface area contributed by atoms with Crippen molar-refractivity contribution in [3.63, 3.8) is 0 Å². The van der Waals surface area contributed by atoms with Crippen LogP contribution in [0.4, 0.5) is 0 Å². The molecule has 0 atom stereocenters. The molecule has 0 saturated carbocycles. The van der Waals surface area contributed by atoms with Gasteiger partial charge in [-0.25, -0.2) is 4.68 Å². The molecule has 0 aliphatic carbocycles. The van der Waals surface area contributed by atoms with E-state index in [-0.39, 0.29) is 5.57 Å². The van der Waals surface area contributed by atoms with Crippen LogP contribution in [0.3, 0.4) is 0 Å². The Kier molecular flexibility index (Phi) is 7.52. The van der Waals surface area contributed by atoms with Crippen LogP contribution in [0.15, 0.2) is 109 Å². The van der Waals surface area contributed by atoms with E-state index in [1.54, 1.807) is 16.8 Å². The van der Waals surface area contributed by atoms with E-state index in [2.05, 4.69) is 11.9 Å². The van der Waals surface area contributed by atoms with E-state index in [0.717, 1.165) is 16.8 Å². The monoisotopic (exact) mass is 460 g/mol. The van der Waals surface area contributed by atoms with Gasteiger partial charge in [0.1, 0.15) is 24.0 Å². The summed E-state index contributed by atoms with van der Waals surface area (Å²) in [5.41, 5.74) is 3.95.